The van der Waals surface area contributed by atoms with Gasteiger partial charge in [0.05, 0.1) is 6.54 Å². The van der Waals surface area contributed by atoms with Gasteiger partial charge in [0.1, 0.15) is 17.7 Å². The maximum Gasteiger partial charge on any atom is 0.244 e. The van der Waals surface area contributed by atoms with Gasteiger partial charge < -0.3 is 10.2 Å². The standard InChI is InChI=1S/C25H29F2N3O2/c1-17-8-11-29(12-9-17)25(32)24-21-5-3-2-4-18(21)10-13-30(24)16-23(31)28-15-19-6-7-20(26)14-22(19)27/h2-7,14,17,24H,8-13,15-16H2,1H3,(H,28,31). The van der Waals surface area contributed by atoms with Crippen molar-refractivity contribution >= 4 is 11.8 Å². The van der Waals surface area contributed by atoms with Crippen LogP contribution in [0.1, 0.15) is 42.5 Å². The summed E-state index contributed by atoms with van der Waals surface area (Å²) < 4.78 is 27.0. The van der Waals surface area contributed by atoms with Gasteiger partial charge in [-0.2, -0.15) is 0 Å². The lowest BCUT2D eigenvalue weighted by Crippen LogP contribution is -2.50. The number of amides is 2. The highest BCUT2D eigenvalue weighted by molar-refractivity contribution is 5.85. The van der Waals surface area contributed by atoms with Crippen LogP contribution >= 0.6 is 0 Å². The third-order valence-electron chi connectivity index (χ3n) is 6.55. The molecule has 2 aliphatic rings. The molecule has 2 heterocycles. The Balaban J connectivity index is 1.47. The summed E-state index contributed by atoms with van der Waals surface area (Å²) in [5, 5.41) is 2.71. The van der Waals surface area contributed by atoms with E-state index >= 15 is 0 Å². The molecule has 0 aromatic heterocycles. The van der Waals surface area contributed by atoms with Crippen LogP contribution in [0.5, 0.6) is 0 Å². The minimum absolute atomic E-state index is 0.0298. The summed E-state index contributed by atoms with van der Waals surface area (Å²) in [6.45, 7) is 4.29. The molecule has 170 valence electrons. The average Bonchev–Trinajstić information content (AvgIpc) is 2.78. The molecule has 1 saturated heterocycles. The molecule has 0 spiro atoms. The van der Waals surface area contributed by atoms with Gasteiger partial charge in [-0.25, -0.2) is 8.78 Å². The van der Waals surface area contributed by atoms with E-state index < -0.39 is 17.7 Å². The third-order valence-corrected chi connectivity index (χ3v) is 6.55. The summed E-state index contributed by atoms with van der Waals surface area (Å²) in [6.07, 6.45) is 2.74. The van der Waals surface area contributed by atoms with Crippen LogP contribution in [0.25, 0.3) is 0 Å². The van der Waals surface area contributed by atoms with Crippen molar-refractivity contribution in [3.63, 3.8) is 0 Å². The predicted octanol–water partition coefficient (Wildman–Crippen LogP) is 3.44. The maximum atomic E-state index is 13.9. The van der Waals surface area contributed by atoms with Gasteiger partial charge in [-0.3, -0.25) is 14.5 Å². The van der Waals surface area contributed by atoms with Crippen LogP contribution < -0.4 is 5.32 Å². The summed E-state index contributed by atoms with van der Waals surface area (Å²) in [6, 6.07) is 10.7. The zero-order valence-corrected chi connectivity index (χ0v) is 18.3. The Bertz CT molecular complexity index is 989. The van der Waals surface area contributed by atoms with Gasteiger partial charge in [0, 0.05) is 37.8 Å². The molecule has 2 aliphatic heterocycles. The van der Waals surface area contributed by atoms with Crippen molar-refractivity contribution < 1.29 is 18.4 Å². The highest BCUT2D eigenvalue weighted by Gasteiger charge is 2.37. The number of rotatable bonds is 5. The van der Waals surface area contributed by atoms with Crippen LogP contribution in [0, 0.1) is 17.6 Å². The number of hydrogen-bond acceptors (Lipinski definition) is 3. The minimum atomic E-state index is -0.690. The van der Waals surface area contributed by atoms with Crippen LogP contribution in [0.15, 0.2) is 42.5 Å². The SMILES string of the molecule is CC1CCN(C(=O)C2c3ccccc3CCN2CC(=O)NCc2ccc(F)cc2F)CC1. The Kier molecular flexibility index (Phi) is 6.84. The Hall–Kier alpha value is -2.80. The Morgan fingerprint density at radius 3 is 2.56 bits per heavy atom. The molecular formula is C25H29F2N3O2. The van der Waals surface area contributed by atoms with E-state index in [9.17, 15) is 18.4 Å². The molecule has 0 bridgehead atoms. The van der Waals surface area contributed by atoms with E-state index in [1.54, 1.807) is 0 Å². The molecule has 2 aromatic rings. The van der Waals surface area contributed by atoms with Crippen LogP contribution in [0.3, 0.4) is 0 Å². The lowest BCUT2D eigenvalue weighted by Gasteiger charge is -2.40. The largest absolute Gasteiger partial charge is 0.351 e. The summed E-state index contributed by atoms with van der Waals surface area (Å²) >= 11 is 0. The van der Waals surface area contributed by atoms with E-state index in [-0.39, 0.29) is 30.5 Å². The second kappa shape index (κ2) is 9.77. The smallest absolute Gasteiger partial charge is 0.244 e. The summed E-state index contributed by atoms with van der Waals surface area (Å²) in [4.78, 5) is 30.1. The molecule has 1 fully saturated rings. The molecule has 1 N–H and O–H groups in total. The van der Waals surface area contributed by atoms with E-state index in [1.807, 2.05) is 34.1 Å². The number of carbonyl (C=O) groups excluding carboxylic acids is 2. The van der Waals surface area contributed by atoms with Gasteiger partial charge in [0.15, 0.2) is 0 Å². The fourth-order valence-corrected chi connectivity index (χ4v) is 4.58. The number of carbonyl (C=O) groups is 2. The summed E-state index contributed by atoms with van der Waals surface area (Å²) in [7, 11) is 0. The van der Waals surface area contributed by atoms with Gasteiger partial charge in [-0.15, -0.1) is 0 Å². The Labute approximate surface area is 187 Å². The lowest BCUT2D eigenvalue weighted by atomic mass is 9.90. The highest BCUT2D eigenvalue weighted by atomic mass is 19.1. The number of halogens is 2. The fraction of sp³-hybridized carbons (Fsp3) is 0.440. The Morgan fingerprint density at radius 1 is 1.06 bits per heavy atom. The van der Waals surface area contributed by atoms with Crippen molar-refractivity contribution in [2.75, 3.05) is 26.2 Å². The molecule has 0 radical (unpaired) electrons. The second-order valence-corrected chi connectivity index (χ2v) is 8.84. The average molecular weight is 442 g/mol. The van der Waals surface area contributed by atoms with Crippen molar-refractivity contribution in [3.8, 4) is 0 Å². The van der Waals surface area contributed by atoms with Crippen LogP contribution in [-0.2, 0) is 22.6 Å². The second-order valence-electron chi connectivity index (χ2n) is 8.84. The topological polar surface area (TPSA) is 52.7 Å². The van der Waals surface area contributed by atoms with E-state index in [2.05, 4.69) is 12.2 Å². The Morgan fingerprint density at radius 2 is 1.81 bits per heavy atom. The van der Waals surface area contributed by atoms with Gasteiger partial charge in [0.2, 0.25) is 11.8 Å². The van der Waals surface area contributed by atoms with E-state index in [1.165, 1.54) is 12.1 Å². The van der Waals surface area contributed by atoms with Crippen molar-refractivity contribution in [3.05, 3.63) is 70.8 Å². The van der Waals surface area contributed by atoms with Crippen molar-refractivity contribution in [1.82, 2.24) is 15.1 Å². The number of piperidine rings is 1. The van der Waals surface area contributed by atoms with Crippen molar-refractivity contribution in [1.29, 1.82) is 0 Å². The molecule has 0 saturated carbocycles. The van der Waals surface area contributed by atoms with E-state index in [4.69, 9.17) is 0 Å². The van der Waals surface area contributed by atoms with Gasteiger partial charge >= 0.3 is 0 Å². The first-order valence-electron chi connectivity index (χ1n) is 11.2. The normalized spacial score (nSPS) is 19.5. The van der Waals surface area contributed by atoms with Crippen LogP contribution in [-0.4, -0.2) is 47.8 Å². The van der Waals surface area contributed by atoms with E-state index in [0.29, 0.717) is 12.5 Å². The number of likely N-dealkylation sites (tertiary alicyclic amines) is 1. The maximum absolute atomic E-state index is 13.9. The third kappa shape index (κ3) is 4.99. The molecule has 1 atom stereocenters. The molecule has 1 unspecified atom stereocenters. The van der Waals surface area contributed by atoms with Gasteiger partial charge in [-0.1, -0.05) is 37.3 Å². The first-order valence-corrected chi connectivity index (χ1v) is 11.2. The first-order chi connectivity index (χ1) is 15.4. The molecule has 7 heteroatoms. The molecule has 0 aliphatic carbocycles. The van der Waals surface area contributed by atoms with Crippen LogP contribution in [0.2, 0.25) is 0 Å². The molecule has 4 rings (SSSR count). The van der Waals surface area contributed by atoms with E-state index in [0.717, 1.165) is 49.5 Å². The van der Waals surface area contributed by atoms with Gasteiger partial charge in [-0.05, 0) is 42.4 Å². The van der Waals surface area contributed by atoms with Gasteiger partial charge in [0.25, 0.3) is 0 Å². The molecular weight excluding hydrogens is 412 g/mol. The monoisotopic (exact) mass is 441 g/mol. The summed E-state index contributed by atoms with van der Waals surface area (Å²) in [5.41, 5.74) is 2.32. The number of fused-ring (bicyclic) bond motifs is 1. The minimum Gasteiger partial charge on any atom is -0.351 e. The number of hydrogen-bond donors (Lipinski definition) is 1. The van der Waals surface area contributed by atoms with Crippen molar-refractivity contribution in [2.24, 2.45) is 5.92 Å². The molecule has 2 amide bonds. The number of nitrogens with one attached hydrogen (secondary N) is 1. The highest BCUT2D eigenvalue weighted by Crippen LogP contribution is 2.32. The zero-order chi connectivity index (χ0) is 22.7. The lowest BCUT2D eigenvalue weighted by molar-refractivity contribution is -0.140. The molecule has 32 heavy (non-hydrogen) atoms. The van der Waals surface area contributed by atoms with Crippen LogP contribution in [0.4, 0.5) is 8.78 Å². The molecule has 5 nitrogen and oxygen atoms in total. The predicted molar refractivity (Wildman–Crippen MR) is 118 cm³/mol. The number of benzene rings is 2. The number of nitrogens with zero attached hydrogens (tertiary/aromatic N) is 2. The summed E-state index contributed by atoms with van der Waals surface area (Å²) in [5.74, 6) is -0.978. The first kappa shape index (κ1) is 22.4. The quantitative estimate of drug-likeness (QED) is 0.774. The molecule has 2 aromatic carbocycles. The fourth-order valence-electron chi connectivity index (χ4n) is 4.58. The van der Waals surface area contributed by atoms with Crippen molar-refractivity contribution in [2.45, 2.75) is 38.8 Å². The zero-order valence-electron chi connectivity index (χ0n) is 18.3.